The summed E-state index contributed by atoms with van der Waals surface area (Å²) >= 11 is 1.44. The molecule has 0 aliphatic carbocycles. The van der Waals surface area contributed by atoms with Crippen molar-refractivity contribution in [1.82, 2.24) is 9.88 Å². The molecule has 2 aromatic carbocycles. The molecule has 0 atom stereocenters. The van der Waals surface area contributed by atoms with Crippen molar-refractivity contribution in [2.24, 2.45) is 0 Å². The van der Waals surface area contributed by atoms with Gasteiger partial charge in [-0.1, -0.05) is 18.2 Å². The fourth-order valence-corrected chi connectivity index (χ4v) is 3.95. The fraction of sp³-hybridized carbons (Fsp3) is 0.238. The molecule has 0 radical (unpaired) electrons. The Labute approximate surface area is 167 Å². The maximum atomic E-state index is 13.0. The first-order chi connectivity index (χ1) is 13.7. The van der Waals surface area contributed by atoms with Crippen molar-refractivity contribution in [2.45, 2.75) is 6.42 Å². The second kappa shape index (κ2) is 8.39. The molecule has 1 aliphatic rings. The zero-order valence-corrected chi connectivity index (χ0v) is 16.2. The zero-order valence-electron chi connectivity index (χ0n) is 15.3. The Balaban J connectivity index is 1.30. The van der Waals surface area contributed by atoms with Gasteiger partial charge in [-0.25, -0.2) is 9.37 Å². The quantitative estimate of drug-likeness (QED) is 0.710. The molecule has 1 amide bonds. The maximum Gasteiger partial charge on any atom is 0.228 e. The van der Waals surface area contributed by atoms with Crippen LogP contribution in [0, 0.1) is 5.82 Å². The summed E-state index contributed by atoms with van der Waals surface area (Å²) in [4.78, 5) is 21.3. The lowest BCUT2D eigenvalue weighted by molar-refractivity contribution is -0.130. The van der Waals surface area contributed by atoms with Gasteiger partial charge in [-0.3, -0.25) is 4.79 Å². The van der Waals surface area contributed by atoms with Crippen LogP contribution in [0.25, 0.3) is 0 Å². The lowest BCUT2D eigenvalue weighted by atomic mass is 10.2. The number of anilines is 3. The average molecular weight is 396 g/mol. The van der Waals surface area contributed by atoms with Crippen molar-refractivity contribution in [2.75, 3.05) is 36.4 Å². The molecule has 1 aliphatic heterocycles. The Hall–Kier alpha value is -2.93. The highest BCUT2D eigenvalue weighted by molar-refractivity contribution is 7.13. The summed E-state index contributed by atoms with van der Waals surface area (Å²) in [5, 5.41) is 5.73. The van der Waals surface area contributed by atoms with Gasteiger partial charge < -0.3 is 15.1 Å². The summed E-state index contributed by atoms with van der Waals surface area (Å²) in [6, 6.07) is 16.4. The number of aromatic nitrogens is 1. The van der Waals surface area contributed by atoms with Gasteiger partial charge in [0.2, 0.25) is 5.91 Å². The van der Waals surface area contributed by atoms with Gasteiger partial charge >= 0.3 is 0 Å². The monoisotopic (exact) mass is 396 g/mol. The Morgan fingerprint density at radius 1 is 1.04 bits per heavy atom. The second-order valence-corrected chi connectivity index (χ2v) is 7.51. The molecule has 7 heteroatoms. The van der Waals surface area contributed by atoms with Crippen LogP contribution < -0.4 is 10.2 Å². The van der Waals surface area contributed by atoms with E-state index in [4.69, 9.17) is 0 Å². The van der Waals surface area contributed by atoms with Gasteiger partial charge in [0.15, 0.2) is 5.13 Å². The normalized spacial score (nSPS) is 14.2. The van der Waals surface area contributed by atoms with Gasteiger partial charge in [-0.05, 0) is 36.4 Å². The number of hydrogen-bond donors (Lipinski definition) is 1. The van der Waals surface area contributed by atoms with Crippen molar-refractivity contribution in [3.8, 4) is 0 Å². The summed E-state index contributed by atoms with van der Waals surface area (Å²) < 4.78 is 13.0. The van der Waals surface area contributed by atoms with Crippen LogP contribution in [0.15, 0.2) is 60.0 Å². The molecule has 1 N–H and O–H groups in total. The lowest BCUT2D eigenvalue weighted by Crippen LogP contribution is -2.49. The minimum absolute atomic E-state index is 0.103. The van der Waals surface area contributed by atoms with Crippen LogP contribution in [-0.4, -0.2) is 42.0 Å². The number of piperazine rings is 1. The number of benzene rings is 2. The molecular formula is C21H21FN4OS. The number of carbonyl (C=O) groups excluding carboxylic acids is 1. The third kappa shape index (κ3) is 4.48. The first-order valence-corrected chi connectivity index (χ1v) is 10.1. The molecule has 1 aromatic heterocycles. The number of thiazole rings is 1. The molecule has 0 unspecified atom stereocenters. The topological polar surface area (TPSA) is 48.5 Å². The SMILES string of the molecule is O=C(Cc1csc(Nc2ccc(F)cc2)n1)N1CCN(c2ccccc2)CC1. The second-order valence-electron chi connectivity index (χ2n) is 6.66. The summed E-state index contributed by atoms with van der Waals surface area (Å²) in [6.45, 7) is 3.12. The van der Waals surface area contributed by atoms with E-state index in [0.717, 1.165) is 37.6 Å². The standard InChI is InChI=1S/C21H21FN4OS/c22-16-6-8-17(9-7-16)23-21-24-18(15-28-21)14-20(27)26-12-10-25(11-13-26)19-4-2-1-3-5-19/h1-9,15H,10-14H2,(H,23,24). The molecule has 2 heterocycles. The van der Waals surface area contributed by atoms with E-state index in [1.807, 2.05) is 28.5 Å². The first-order valence-electron chi connectivity index (χ1n) is 9.22. The van der Waals surface area contributed by atoms with E-state index >= 15 is 0 Å². The summed E-state index contributed by atoms with van der Waals surface area (Å²) in [5.41, 5.74) is 2.72. The largest absolute Gasteiger partial charge is 0.368 e. The predicted octanol–water partition coefficient (Wildman–Crippen LogP) is 3.92. The third-order valence-electron chi connectivity index (χ3n) is 4.73. The summed E-state index contributed by atoms with van der Waals surface area (Å²) in [5.74, 6) is -0.172. The van der Waals surface area contributed by atoms with E-state index in [-0.39, 0.29) is 11.7 Å². The number of nitrogens with zero attached hydrogens (tertiary/aromatic N) is 3. The Kier molecular flexibility index (Phi) is 5.53. The lowest BCUT2D eigenvalue weighted by Gasteiger charge is -2.36. The van der Waals surface area contributed by atoms with Gasteiger partial charge in [0.25, 0.3) is 0 Å². The maximum absolute atomic E-state index is 13.0. The van der Waals surface area contributed by atoms with E-state index in [1.54, 1.807) is 12.1 Å². The smallest absolute Gasteiger partial charge is 0.228 e. The van der Waals surface area contributed by atoms with Crippen molar-refractivity contribution >= 4 is 33.8 Å². The minimum Gasteiger partial charge on any atom is -0.368 e. The van der Waals surface area contributed by atoms with E-state index in [1.165, 1.54) is 29.2 Å². The first kappa shape index (κ1) is 18.4. The highest BCUT2D eigenvalue weighted by Crippen LogP contribution is 2.22. The predicted molar refractivity (Wildman–Crippen MR) is 111 cm³/mol. The molecule has 4 rings (SSSR count). The van der Waals surface area contributed by atoms with Crippen molar-refractivity contribution < 1.29 is 9.18 Å². The minimum atomic E-state index is -0.275. The van der Waals surface area contributed by atoms with E-state index in [2.05, 4.69) is 27.3 Å². The molecular weight excluding hydrogens is 375 g/mol. The van der Waals surface area contributed by atoms with Crippen LogP contribution in [0.4, 0.5) is 20.9 Å². The molecule has 1 saturated heterocycles. The van der Waals surface area contributed by atoms with Gasteiger partial charge in [-0.2, -0.15) is 0 Å². The Morgan fingerprint density at radius 3 is 2.46 bits per heavy atom. The van der Waals surface area contributed by atoms with E-state index in [0.29, 0.717) is 11.6 Å². The molecule has 0 spiro atoms. The van der Waals surface area contributed by atoms with Gasteiger partial charge in [0.1, 0.15) is 5.82 Å². The number of carbonyl (C=O) groups is 1. The number of amides is 1. The van der Waals surface area contributed by atoms with Crippen LogP contribution in [-0.2, 0) is 11.2 Å². The number of rotatable bonds is 5. The highest BCUT2D eigenvalue weighted by atomic mass is 32.1. The van der Waals surface area contributed by atoms with Gasteiger partial charge in [0.05, 0.1) is 12.1 Å². The molecule has 0 bridgehead atoms. The van der Waals surface area contributed by atoms with Crippen LogP contribution in [0.5, 0.6) is 0 Å². The highest BCUT2D eigenvalue weighted by Gasteiger charge is 2.22. The van der Waals surface area contributed by atoms with Crippen LogP contribution in [0.1, 0.15) is 5.69 Å². The number of para-hydroxylation sites is 1. The Bertz CT molecular complexity index is 921. The van der Waals surface area contributed by atoms with Crippen LogP contribution >= 0.6 is 11.3 Å². The summed E-state index contributed by atoms with van der Waals surface area (Å²) in [6.07, 6.45) is 0.299. The van der Waals surface area contributed by atoms with Crippen molar-refractivity contribution in [1.29, 1.82) is 0 Å². The molecule has 28 heavy (non-hydrogen) atoms. The third-order valence-corrected chi connectivity index (χ3v) is 5.54. The molecule has 144 valence electrons. The van der Waals surface area contributed by atoms with Crippen LogP contribution in [0.3, 0.4) is 0 Å². The van der Waals surface area contributed by atoms with Crippen molar-refractivity contribution in [3.05, 3.63) is 71.5 Å². The van der Waals surface area contributed by atoms with Crippen LogP contribution in [0.2, 0.25) is 0 Å². The zero-order chi connectivity index (χ0) is 19.3. The van der Waals surface area contributed by atoms with Gasteiger partial charge in [0, 0.05) is 42.9 Å². The number of nitrogens with one attached hydrogen (secondary N) is 1. The van der Waals surface area contributed by atoms with Gasteiger partial charge in [-0.15, -0.1) is 11.3 Å². The fourth-order valence-electron chi connectivity index (χ4n) is 3.22. The van der Waals surface area contributed by atoms with E-state index in [9.17, 15) is 9.18 Å². The summed E-state index contributed by atoms with van der Waals surface area (Å²) in [7, 11) is 0. The number of hydrogen-bond acceptors (Lipinski definition) is 5. The Morgan fingerprint density at radius 2 is 1.75 bits per heavy atom. The van der Waals surface area contributed by atoms with E-state index < -0.39 is 0 Å². The van der Waals surface area contributed by atoms with Crippen molar-refractivity contribution in [3.63, 3.8) is 0 Å². The molecule has 3 aromatic rings. The average Bonchev–Trinajstić information content (AvgIpc) is 3.17. The molecule has 1 fully saturated rings. The number of halogens is 1. The molecule has 5 nitrogen and oxygen atoms in total. The molecule has 0 saturated carbocycles.